The lowest BCUT2D eigenvalue weighted by Crippen LogP contribution is -2.53. The number of piperidine rings is 1. The Balaban J connectivity index is 0.000000878. The number of pyridine rings is 1. The molecule has 8 heteroatoms. The maximum atomic E-state index is 12.4. The summed E-state index contributed by atoms with van der Waals surface area (Å²) in [5, 5.41) is 27.2. The quantitative estimate of drug-likeness (QED) is 0.653. The number of nitrogens with zero attached hydrogens (tertiary/aromatic N) is 3. The molecule has 2 atom stereocenters. The van der Waals surface area contributed by atoms with Crippen molar-refractivity contribution < 1.29 is 20.1 Å². The van der Waals surface area contributed by atoms with Gasteiger partial charge in [-0.15, -0.1) is 0 Å². The van der Waals surface area contributed by atoms with Crippen molar-refractivity contribution in [1.82, 2.24) is 14.3 Å². The van der Waals surface area contributed by atoms with Crippen LogP contribution in [0, 0.1) is 12.3 Å². The molecule has 3 heterocycles. The normalized spacial score (nSPS) is 22.5. The standard InChI is InChI=1S/C19H27N3O3.CH2O2/c1-3-7-19(13-23)12-21(9-6-16(19)24)11-15-10-17(25)22-8-4-5-14(2)18(22)20-15;2-1-3/h4-5,8,10,16,23-24H,3,6-7,9,11-13H2,1-2H3;1H,(H,2,3)/t16-,19-;/m1./s1. The highest BCUT2D eigenvalue weighted by Gasteiger charge is 2.41. The molecule has 1 aliphatic heterocycles. The van der Waals surface area contributed by atoms with Crippen LogP contribution in [-0.4, -0.2) is 61.9 Å². The molecular formula is C20H29N3O5. The molecular weight excluding hydrogens is 362 g/mol. The number of aliphatic hydroxyl groups is 2. The molecule has 8 nitrogen and oxygen atoms in total. The van der Waals surface area contributed by atoms with Crippen molar-refractivity contribution in [2.24, 2.45) is 5.41 Å². The summed E-state index contributed by atoms with van der Waals surface area (Å²) in [7, 11) is 0. The molecule has 0 unspecified atom stereocenters. The summed E-state index contributed by atoms with van der Waals surface area (Å²) in [6.07, 6.45) is 3.59. The summed E-state index contributed by atoms with van der Waals surface area (Å²) in [4.78, 5) is 27.6. The predicted octanol–water partition coefficient (Wildman–Crippen LogP) is 1.05. The van der Waals surface area contributed by atoms with Gasteiger partial charge in [-0.1, -0.05) is 19.4 Å². The smallest absolute Gasteiger partial charge is 0.290 e. The fourth-order valence-corrected chi connectivity index (χ4v) is 3.97. The first-order chi connectivity index (χ1) is 13.4. The average Bonchev–Trinajstić information content (AvgIpc) is 2.66. The summed E-state index contributed by atoms with van der Waals surface area (Å²) in [6, 6.07) is 5.37. The molecule has 0 radical (unpaired) electrons. The highest BCUT2D eigenvalue weighted by atomic mass is 16.3. The Morgan fingerprint density at radius 2 is 2.14 bits per heavy atom. The van der Waals surface area contributed by atoms with Crippen LogP contribution in [0.15, 0.2) is 29.2 Å². The van der Waals surface area contributed by atoms with Crippen LogP contribution in [0.4, 0.5) is 0 Å². The molecule has 2 aromatic heterocycles. The average molecular weight is 391 g/mol. The van der Waals surface area contributed by atoms with Crippen LogP contribution in [0.5, 0.6) is 0 Å². The number of likely N-dealkylation sites (tertiary alicyclic amines) is 1. The van der Waals surface area contributed by atoms with Gasteiger partial charge < -0.3 is 15.3 Å². The van der Waals surface area contributed by atoms with Crippen LogP contribution in [0.3, 0.4) is 0 Å². The third-order valence-electron chi connectivity index (χ3n) is 5.35. The van der Waals surface area contributed by atoms with Gasteiger partial charge in [-0.3, -0.25) is 18.9 Å². The first kappa shape index (κ1) is 22.0. The van der Waals surface area contributed by atoms with Crippen LogP contribution < -0.4 is 5.56 Å². The monoisotopic (exact) mass is 391 g/mol. The molecule has 0 aliphatic carbocycles. The Labute approximate surface area is 164 Å². The molecule has 1 saturated heterocycles. The van der Waals surface area contributed by atoms with Gasteiger partial charge in [0, 0.05) is 37.3 Å². The third-order valence-corrected chi connectivity index (χ3v) is 5.35. The van der Waals surface area contributed by atoms with E-state index in [4.69, 9.17) is 9.90 Å². The first-order valence-corrected chi connectivity index (χ1v) is 9.47. The Kier molecular flexibility index (Phi) is 7.68. The van der Waals surface area contributed by atoms with Crippen molar-refractivity contribution in [2.75, 3.05) is 19.7 Å². The minimum absolute atomic E-state index is 0.0224. The molecule has 1 fully saturated rings. The molecule has 2 aromatic rings. The summed E-state index contributed by atoms with van der Waals surface area (Å²) in [6.45, 7) is 5.65. The van der Waals surface area contributed by atoms with Gasteiger partial charge in [-0.05, 0) is 31.4 Å². The highest BCUT2D eigenvalue weighted by Crippen LogP contribution is 2.35. The lowest BCUT2D eigenvalue weighted by atomic mass is 9.74. The van der Waals surface area contributed by atoms with Gasteiger partial charge in [0.2, 0.25) is 0 Å². The number of carboxylic acid groups (broad SMARTS) is 1. The molecule has 0 aromatic carbocycles. The molecule has 0 spiro atoms. The number of fused-ring (bicyclic) bond motifs is 1. The van der Waals surface area contributed by atoms with Gasteiger partial charge in [0.15, 0.2) is 0 Å². The maximum absolute atomic E-state index is 12.4. The highest BCUT2D eigenvalue weighted by molar-refractivity contribution is 5.46. The van der Waals surface area contributed by atoms with E-state index in [0.717, 1.165) is 30.6 Å². The van der Waals surface area contributed by atoms with E-state index in [-0.39, 0.29) is 18.6 Å². The summed E-state index contributed by atoms with van der Waals surface area (Å²) < 4.78 is 1.56. The van der Waals surface area contributed by atoms with E-state index < -0.39 is 11.5 Å². The maximum Gasteiger partial charge on any atom is 0.290 e. The van der Waals surface area contributed by atoms with Gasteiger partial charge in [0.05, 0.1) is 18.4 Å². The summed E-state index contributed by atoms with van der Waals surface area (Å²) >= 11 is 0. The molecule has 0 saturated carbocycles. The van der Waals surface area contributed by atoms with Gasteiger partial charge >= 0.3 is 0 Å². The Hall–Kier alpha value is -2.29. The second-order valence-corrected chi connectivity index (χ2v) is 7.36. The topological polar surface area (TPSA) is 115 Å². The fourth-order valence-electron chi connectivity index (χ4n) is 3.97. The van der Waals surface area contributed by atoms with Crippen LogP contribution in [0.2, 0.25) is 0 Å². The van der Waals surface area contributed by atoms with E-state index >= 15 is 0 Å². The van der Waals surface area contributed by atoms with Crippen LogP contribution >= 0.6 is 0 Å². The van der Waals surface area contributed by atoms with Crippen LogP contribution in [0.25, 0.3) is 5.65 Å². The van der Waals surface area contributed by atoms with Crippen molar-refractivity contribution in [3.8, 4) is 0 Å². The van der Waals surface area contributed by atoms with E-state index in [1.54, 1.807) is 16.7 Å². The van der Waals surface area contributed by atoms with Gasteiger partial charge in [-0.2, -0.15) is 0 Å². The number of carbonyl (C=O) groups is 1. The van der Waals surface area contributed by atoms with Crippen molar-refractivity contribution in [3.05, 3.63) is 46.0 Å². The van der Waals surface area contributed by atoms with E-state index in [0.29, 0.717) is 25.2 Å². The number of hydrogen-bond donors (Lipinski definition) is 3. The number of rotatable bonds is 5. The summed E-state index contributed by atoms with van der Waals surface area (Å²) in [5.74, 6) is 0. The summed E-state index contributed by atoms with van der Waals surface area (Å²) in [5.41, 5.74) is 1.83. The van der Waals surface area contributed by atoms with Gasteiger partial charge in [0.25, 0.3) is 12.0 Å². The fraction of sp³-hybridized carbons (Fsp3) is 0.550. The molecule has 3 rings (SSSR count). The van der Waals surface area contributed by atoms with Crippen molar-refractivity contribution in [1.29, 1.82) is 0 Å². The van der Waals surface area contributed by atoms with Crippen LogP contribution in [-0.2, 0) is 11.3 Å². The number of hydrogen-bond acceptors (Lipinski definition) is 6. The minimum atomic E-state index is -0.480. The Morgan fingerprint density at radius 1 is 1.43 bits per heavy atom. The first-order valence-electron chi connectivity index (χ1n) is 9.47. The predicted molar refractivity (Wildman–Crippen MR) is 105 cm³/mol. The molecule has 28 heavy (non-hydrogen) atoms. The zero-order chi connectivity index (χ0) is 20.7. The Bertz CT molecular complexity index is 853. The molecule has 0 amide bonds. The zero-order valence-corrected chi connectivity index (χ0v) is 16.4. The second-order valence-electron chi connectivity index (χ2n) is 7.36. The molecule has 1 aliphatic rings. The third kappa shape index (κ3) is 4.76. The number of aromatic nitrogens is 2. The lowest BCUT2D eigenvalue weighted by molar-refractivity contribution is -0.122. The van der Waals surface area contributed by atoms with E-state index in [2.05, 4.69) is 16.8 Å². The van der Waals surface area contributed by atoms with E-state index in [1.807, 2.05) is 19.1 Å². The lowest BCUT2D eigenvalue weighted by Gasteiger charge is -2.45. The SMILES string of the molecule is CCC[C@]1(CO)CN(Cc2cc(=O)n3cccc(C)c3n2)CC[C@H]1O.O=CO. The Morgan fingerprint density at radius 3 is 2.79 bits per heavy atom. The zero-order valence-electron chi connectivity index (χ0n) is 16.4. The number of aliphatic hydroxyl groups excluding tert-OH is 2. The van der Waals surface area contributed by atoms with Crippen LogP contribution in [0.1, 0.15) is 37.4 Å². The van der Waals surface area contributed by atoms with Crippen molar-refractivity contribution in [3.63, 3.8) is 0 Å². The minimum Gasteiger partial charge on any atom is -0.483 e. The van der Waals surface area contributed by atoms with Crippen molar-refractivity contribution >= 4 is 12.1 Å². The van der Waals surface area contributed by atoms with E-state index in [1.165, 1.54) is 0 Å². The van der Waals surface area contributed by atoms with Crippen molar-refractivity contribution in [2.45, 2.75) is 45.8 Å². The van der Waals surface area contributed by atoms with Gasteiger partial charge in [0.1, 0.15) is 5.65 Å². The van der Waals surface area contributed by atoms with Gasteiger partial charge in [-0.25, -0.2) is 4.98 Å². The largest absolute Gasteiger partial charge is 0.483 e. The number of aryl methyl sites for hydroxylation is 1. The molecule has 0 bridgehead atoms. The van der Waals surface area contributed by atoms with E-state index in [9.17, 15) is 15.0 Å². The second kappa shape index (κ2) is 9.77. The molecule has 154 valence electrons. The molecule has 3 N–H and O–H groups in total.